The van der Waals surface area contributed by atoms with E-state index in [0.29, 0.717) is 12.3 Å². The summed E-state index contributed by atoms with van der Waals surface area (Å²) in [4.78, 5) is 13.5. The molecule has 6 heteroatoms. The molecule has 0 aliphatic carbocycles. The minimum absolute atomic E-state index is 0.0870. The van der Waals surface area contributed by atoms with Crippen molar-refractivity contribution in [2.24, 2.45) is 0 Å². The molecule has 1 amide bonds. The van der Waals surface area contributed by atoms with E-state index in [1.807, 2.05) is 11.8 Å². The number of fused-ring (bicyclic) bond motifs is 1. The third kappa shape index (κ3) is 2.20. The lowest BCUT2D eigenvalue weighted by molar-refractivity contribution is -0.118. The topological polar surface area (TPSA) is 49.0 Å². The highest BCUT2D eigenvalue weighted by atomic mass is 35.5. The quantitative estimate of drug-likeness (QED) is 0.843. The van der Waals surface area contributed by atoms with E-state index in [0.717, 1.165) is 29.4 Å². The van der Waals surface area contributed by atoms with E-state index < -0.39 is 0 Å². The van der Waals surface area contributed by atoms with Crippen molar-refractivity contribution in [2.45, 2.75) is 24.3 Å². The van der Waals surface area contributed by atoms with E-state index in [-0.39, 0.29) is 5.91 Å². The van der Waals surface area contributed by atoms with Crippen molar-refractivity contribution in [3.8, 4) is 0 Å². The van der Waals surface area contributed by atoms with Crippen molar-refractivity contribution in [3.05, 3.63) is 11.3 Å². The zero-order valence-electron chi connectivity index (χ0n) is 9.12. The van der Waals surface area contributed by atoms with E-state index in [9.17, 15) is 4.79 Å². The average Bonchev–Trinajstić information content (AvgIpc) is 2.86. The molecule has 1 N–H and O–H groups in total. The van der Waals surface area contributed by atoms with Crippen LogP contribution in [0, 0.1) is 0 Å². The van der Waals surface area contributed by atoms with Gasteiger partial charge >= 0.3 is 0 Å². The highest BCUT2D eigenvalue weighted by Gasteiger charge is 2.23. The van der Waals surface area contributed by atoms with Gasteiger partial charge in [-0.25, -0.2) is 0 Å². The Morgan fingerprint density at radius 3 is 3.19 bits per heavy atom. The van der Waals surface area contributed by atoms with E-state index in [1.54, 1.807) is 11.9 Å². The van der Waals surface area contributed by atoms with Crippen molar-refractivity contribution >= 4 is 35.1 Å². The van der Waals surface area contributed by atoms with Gasteiger partial charge in [-0.2, -0.15) is 16.9 Å². The standard InChI is InChI=1S/C10H14ClN3OS/c1-14(9(15)3-2-4-11)10-7-5-16-6-8(7)12-13-10/h2-6H2,1H3,(H,12,13). The lowest BCUT2D eigenvalue weighted by Crippen LogP contribution is -2.27. The first-order valence-electron chi connectivity index (χ1n) is 5.20. The number of H-pyrrole nitrogens is 1. The first kappa shape index (κ1) is 11.8. The molecule has 1 aliphatic heterocycles. The molecule has 0 unspecified atom stereocenters. The van der Waals surface area contributed by atoms with Crippen LogP contribution in [0.5, 0.6) is 0 Å². The number of nitrogens with one attached hydrogen (secondary N) is 1. The molecule has 0 atom stereocenters. The van der Waals surface area contributed by atoms with Crippen LogP contribution in [0.4, 0.5) is 5.82 Å². The first-order chi connectivity index (χ1) is 7.74. The molecule has 4 nitrogen and oxygen atoms in total. The second kappa shape index (κ2) is 5.10. The molecule has 2 rings (SSSR count). The van der Waals surface area contributed by atoms with Gasteiger partial charge in [0.1, 0.15) is 5.82 Å². The van der Waals surface area contributed by atoms with Gasteiger partial charge in [-0.1, -0.05) is 0 Å². The Morgan fingerprint density at radius 1 is 1.62 bits per heavy atom. The Kier molecular flexibility index (Phi) is 3.76. The molecule has 0 spiro atoms. The van der Waals surface area contributed by atoms with Gasteiger partial charge in [0, 0.05) is 36.4 Å². The molecule has 2 heterocycles. The molecule has 0 radical (unpaired) electrons. The maximum Gasteiger partial charge on any atom is 0.227 e. The highest BCUT2D eigenvalue weighted by molar-refractivity contribution is 7.98. The zero-order valence-corrected chi connectivity index (χ0v) is 10.7. The summed E-state index contributed by atoms with van der Waals surface area (Å²) in [5.74, 6) is 3.34. The number of thioether (sulfide) groups is 1. The highest BCUT2D eigenvalue weighted by Crippen LogP contribution is 2.34. The molecule has 88 valence electrons. The number of carbonyl (C=O) groups is 1. The molecule has 1 aromatic rings. The second-order valence-corrected chi connectivity index (χ2v) is 5.10. The molecule has 0 aromatic carbocycles. The number of alkyl halides is 1. The Morgan fingerprint density at radius 2 is 2.44 bits per heavy atom. The summed E-state index contributed by atoms with van der Waals surface area (Å²) in [6.45, 7) is 0. The van der Waals surface area contributed by atoms with Crippen LogP contribution in [0.25, 0.3) is 0 Å². The summed E-state index contributed by atoms with van der Waals surface area (Å²) >= 11 is 7.40. The summed E-state index contributed by atoms with van der Waals surface area (Å²) in [7, 11) is 1.79. The lowest BCUT2D eigenvalue weighted by atomic mass is 10.2. The summed E-state index contributed by atoms with van der Waals surface area (Å²) in [5, 5.41) is 7.16. The van der Waals surface area contributed by atoms with Gasteiger partial charge in [-0.15, -0.1) is 11.6 Å². The number of hydrogen-bond donors (Lipinski definition) is 1. The van der Waals surface area contributed by atoms with Crippen LogP contribution in [0.3, 0.4) is 0 Å². The Hall–Kier alpha value is -0.680. The number of nitrogens with zero attached hydrogens (tertiary/aromatic N) is 2. The van der Waals surface area contributed by atoms with Gasteiger partial charge in [0.25, 0.3) is 0 Å². The van der Waals surface area contributed by atoms with Crippen LogP contribution in [0.2, 0.25) is 0 Å². The third-order valence-corrected chi connectivity index (χ3v) is 3.89. The van der Waals surface area contributed by atoms with Crippen LogP contribution in [0.1, 0.15) is 24.1 Å². The maximum absolute atomic E-state index is 11.8. The number of aromatic amines is 1. The fourth-order valence-corrected chi connectivity index (χ4v) is 2.88. The SMILES string of the molecule is CN(C(=O)CCCCl)c1[nH]nc2c1CSC2. The van der Waals surface area contributed by atoms with Crippen LogP contribution >= 0.6 is 23.4 Å². The largest absolute Gasteiger partial charge is 0.300 e. The number of aromatic nitrogens is 2. The van der Waals surface area contributed by atoms with E-state index >= 15 is 0 Å². The number of amides is 1. The average molecular weight is 260 g/mol. The van der Waals surface area contributed by atoms with Gasteiger partial charge < -0.3 is 4.90 Å². The molecule has 1 aromatic heterocycles. The first-order valence-corrected chi connectivity index (χ1v) is 6.89. The predicted octanol–water partition coefficient (Wildman–Crippen LogP) is 2.14. The molecule has 0 saturated carbocycles. The zero-order chi connectivity index (χ0) is 11.5. The van der Waals surface area contributed by atoms with Crippen LogP contribution in [-0.4, -0.2) is 29.0 Å². The van der Waals surface area contributed by atoms with Crippen molar-refractivity contribution < 1.29 is 4.79 Å². The molecule has 0 bridgehead atoms. The Bertz CT molecular complexity index is 393. The predicted molar refractivity (Wildman–Crippen MR) is 67.0 cm³/mol. The smallest absolute Gasteiger partial charge is 0.227 e. The number of anilines is 1. The van der Waals surface area contributed by atoms with Crippen LogP contribution < -0.4 is 4.90 Å². The third-order valence-electron chi connectivity index (χ3n) is 2.65. The number of hydrogen-bond acceptors (Lipinski definition) is 3. The fraction of sp³-hybridized carbons (Fsp3) is 0.600. The van der Waals surface area contributed by atoms with E-state index in [4.69, 9.17) is 11.6 Å². The van der Waals surface area contributed by atoms with Crippen molar-refractivity contribution in [2.75, 3.05) is 17.8 Å². The van der Waals surface area contributed by atoms with Gasteiger partial charge in [0.2, 0.25) is 5.91 Å². The molecular formula is C10H14ClN3OS. The van der Waals surface area contributed by atoms with Gasteiger partial charge in [-0.3, -0.25) is 9.89 Å². The minimum Gasteiger partial charge on any atom is -0.300 e. The normalized spacial score (nSPS) is 13.9. The fourth-order valence-electron chi connectivity index (χ4n) is 1.70. The summed E-state index contributed by atoms with van der Waals surface area (Å²) in [6.07, 6.45) is 1.21. The van der Waals surface area contributed by atoms with Crippen LogP contribution in [0.15, 0.2) is 0 Å². The van der Waals surface area contributed by atoms with Crippen LogP contribution in [-0.2, 0) is 16.3 Å². The van der Waals surface area contributed by atoms with Gasteiger partial charge in [0.05, 0.1) is 5.69 Å². The summed E-state index contributed by atoms with van der Waals surface area (Å²) < 4.78 is 0. The minimum atomic E-state index is 0.0870. The van der Waals surface area contributed by atoms with Crippen molar-refractivity contribution in [1.82, 2.24) is 10.2 Å². The lowest BCUT2D eigenvalue weighted by Gasteiger charge is -2.16. The Balaban J connectivity index is 2.08. The van der Waals surface area contributed by atoms with Crippen molar-refractivity contribution in [3.63, 3.8) is 0 Å². The molecule has 1 aliphatic rings. The van der Waals surface area contributed by atoms with E-state index in [1.165, 1.54) is 5.56 Å². The van der Waals surface area contributed by atoms with Crippen molar-refractivity contribution in [1.29, 1.82) is 0 Å². The molecule has 0 saturated heterocycles. The number of halogens is 1. The second-order valence-electron chi connectivity index (χ2n) is 3.74. The van der Waals surface area contributed by atoms with Gasteiger partial charge in [0.15, 0.2) is 0 Å². The van der Waals surface area contributed by atoms with E-state index in [2.05, 4.69) is 10.2 Å². The maximum atomic E-state index is 11.8. The summed E-state index contributed by atoms with van der Waals surface area (Å²) in [5.41, 5.74) is 2.25. The number of rotatable bonds is 4. The molecule has 0 fully saturated rings. The summed E-state index contributed by atoms with van der Waals surface area (Å²) in [6, 6.07) is 0. The molecule has 16 heavy (non-hydrogen) atoms. The van der Waals surface area contributed by atoms with Gasteiger partial charge in [-0.05, 0) is 6.42 Å². The molecular weight excluding hydrogens is 246 g/mol. The Labute approximate surface area is 104 Å². The monoisotopic (exact) mass is 259 g/mol. The number of carbonyl (C=O) groups excluding carboxylic acids is 1.